The molecule has 0 N–H and O–H groups in total. The first-order chi connectivity index (χ1) is 12.9. The Morgan fingerprint density at radius 1 is 1.19 bits per heavy atom. The molecule has 1 atom stereocenters. The molecule has 1 aromatic carbocycles. The third-order valence-electron chi connectivity index (χ3n) is 4.50. The maximum atomic E-state index is 12.9. The van der Waals surface area contributed by atoms with Crippen LogP contribution in [0.25, 0.3) is 5.78 Å². The van der Waals surface area contributed by atoms with E-state index in [1.807, 2.05) is 19.9 Å². The summed E-state index contributed by atoms with van der Waals surface area (Å²) in [5.74, 6) is -0.0402. The van der Waals surface area contributed by atoms with E-state index in [0.717, 1.165) is 11.4 Å². The number of aryl methyl sites for hydroxylation is 2. The van der Waals surface area contributed by atoms with Crippen molar-refractivity contribution >= 4 is 46.6 Å². The van der Waals surface area contributed by atoms with E-state index >= 15 is 0 Å². The molecule has 0 bridgehead atoms. The zero-order valence-electron chi connectivity index (χ0n) is 14.9. The number of carbonyl (C=O) groups excluding carboxylic acids is 2. The summed E-state index contributed by atoms with van der Waals surface area (Å²) in [5, 5.41) is 8.74. The highest BCUT2D eigenvalue weighted by atomic mass is 35.5. The van der Waals surface area contributed by atoms with E-state index in [1.165, 1.54) is 16.7 Å². The Bertz CT molecular complexity index is 1100. The van der Waals surface area contributed by atoms with E-state index in [1.54, 1.807) is 29.5 Å². The fourth-order valence-electron chi connectivity index (χ4n) is 3.19. The van der Waals surface area contributed by atoms with Crippen molar-refractivity contribution in [1.29, 1.82) is 0 Å². The van der Waals surface area contributed by atoms with Gasteiger partial charge in [0.2, 0.25) is 11.8 Å². The number of hydrogen-bond acceptors (Lipinski definition) is 6. The van der Waals surface area contributed by atoms with Gasteiger partial charge in [0, 0.05) is 22.8 Å². The number of carbonyl (C=O) groups is 2. The fraction of sp³-hybridized carbons (Fsp3) is 0.278. The van der Waals surface area contributed by atoms with Crippen LogP contribution < -0.4 is 4.90 Å². The molecule has 9 heteroatoms. The molecule has 2 amide bonds. The molecule has 4 rings (SSSR count). The molecule has 0 aliphatic carbocycles. The number of rotatable bonds is 3. The summed E-state index contributed by atoms with van der Waals surface area (Å²) in [6, 6.07) is 7.11. The van der Waals surface area contributed by atoms with Crippen LogP contribution in [-0.4, -0.2) is 36.6 Å². The minimum atomic E-state index is -0.566. The summed E-state index contributed by atoms with van der Waals surface area (Å²) in [5.41, 5.74) is 3.00. The van der Waals surface area contributed by atoms with Crippen LogP contribution in [0, 0.1) is 20.8 Å². The van der Waals surface area contributed by atoms with Crippen molar-refractivity contribution in [1.82, 2.24) is 19.6 Å². The summed E-state index contributed by atoms with van der Waals surface area (Å²) in [6.07, 6.45) is 0.0999. The van der Waals surface area contributed by atoms with Crippen molar-refractivity contribution in [3.05, 3.63) is 46.2 Å². The van der Waals surface area contributed by atoms with Gasteiger partial charge < -0.3 is 0 Å². The lowest BCUT2D eigenvalue weighted by Crippen LogP contribution is -2.31. The van der Waals surface area contributed by atoms with Crippen molar-refractivity contribution < 1.29 is 9.59 Å². The molecule has 2 aromatic heterocycles. The van der Waals surface area contributed by atoms with E-state index in [4.69, 9.17) is 11.6 Å². The lowest BCUT2D eigenvalue weighted by molar-refractivity contribution is -0.121. The normalized spacial score (nSPS) is 17.3. The van der Waals surface area contributed by atoms with Gasteiger partial charge in [-0.15, -0.1) is 10.2 Å². The number of anilines is 1. The number of amides is 2. The van der Waals surface area contributed by atoms with Gasteiger partial charge >= 0.3 is 0 Å². The Kier molecular flexibility index (Phi) is 4.39. The number of aromatic nitrogens is 4. The van der Waals surface area contributed by atoms with Crippen LogP contribution in [0.5, 0.6) is 0 Å². The third-order valence-corrected chi connectivity index (χ3v) is 6.03. The van der Waals surface area contributed by atoms with Gasteiger partial charge in [-0.25, -0.2) is 9.88 Å². The lowest BCUT2D eigenvalue weighted by atomic mass is 10.2. The maximum absolute atomic E-state index is 12.9. The lowest BCUT2D eigenvalue weighted by Gasteiger charge is -2.17. The molecule has 3 aromatic rings. The molecule has 0 radical (unpaired) electrons. The minimum Gasteiger partial charge on any atom is -0.274 e. The van der Waals surface area contributed by atoms with Gasteiger partial charge in [0.1, 0.15) is 5.25 Å². The topological polar surface area (TPSA) is 80.5 Å². The molecule has 27 heavy (non-hydrogen) atoms. The number of thioether (sulfide) groups is 1. The third kappa shape index (κ3) is 2.98. The second-order valence-corrected chi connectivity index (χ2v) is 8.00. The predicted molar refractivity (Wildman–Crippen MR) is 103 cm³/mol. The summed E-state index contributed by atoms with van der Waals surface area (Å²) >= 11 is 7.38. The molecule has 1 saturated heterocycles. The van der Waals surface area contributed by atoms with Crippen molar-refractivity contribution in [3.63, 3.8) is 0 Å². The van der Waals surface area contributed by atoms with Gasteiger partial charge in [-0.3, -0.25) is 14.0 Å². The van der Waals surface area contributed by atoms with Crippen LogP contribution in [0.4, 0.5) is 5.69 Å². The molecule has 3 heterocycles. The van der Waals surface area contributed by atoms with Gasteiger partial charge in [-0.2, -0.15) is 0 Å². The number of nitrogens with zero attached hydrogens (tertiary/aromatic N) is 5. The summed E-state index contributed by atoms with van der Waals surface area (Å²) in [6.45, 7) is 5.61. The Balaban J connectivity index is 1.66. The van der Waals surface area contributed by atoms with Crippen LogP contribution in [-0.2, 0) is 9.59 Å². The second kappa shape index (κ2) is 6.61. The zero-order valence-corrected chi connectivity index (χ0v) is 16.5. The molecule has 0 saturated carbocycles. The standard InChI is InChI=1S/C18H16ClN5O2S/c1-9-7-10(2)23-17(20-9)21-22-18(23)27-14-8-15(25)24(16(14)26)13-6-4-5-12(19)11(13)3/h4-7,14H,8H2,1-3H3/t14-/m1/s1. The van der Waals surface area contributed by atoms with E-state index in [2.05, 4.69) is 15.2 Å². The highest BCUT2D eigenvalue weighted by molar-refractivity contribution is 8.00. The van der Waals surface area contributed by atoms with Gasteiger partial charge in [0.05, 0.1) is 5.69 Å². The van der Waals surface area contributed by atoms with Gasteiger partial charge in [-0.05, 0) is 44.5 Å². The number of fused-ring (bicyclic) bond motifs is 1. The van der Waals surface area contributed by atoms with Crippen LogP contribution in [0.3, 0.4) is 0 Å². The monoisotopic (exact) mass is 401 g/mol. The molecule has 1 fully saturated rings. The highest BCUT2D eigenvalue weighted by Crippen LogP contribution is 2.36. The number of imide groups is 1. The largest absolute Gasteiger partial charge is 0.274 e. The van der Waals surface area contributed by atoms with E-state index in [-0.39, 0.29) is 18.2 Å². The predicted octanol–water partition coefficient (Wildman–Crippen LogP) is 3.13. The van der Waals surface area contributed by atoms with Gasteiger partial charge in [0.15, 0.2) is 5.16 Å². The first kappa shape index (κ1) is 17.9. The SMILES string of the molecule is Cc1cc(C)n2c(S[C@@H]3CC(=O)N(c4cccc(Cl)c4C)C3=O)nnc2n1. The number of hydrogen-bond donors (Lipinski definition) is 0. The van der Waals surface area contributed by atoms with E-state index in [9.17, 15) is 9.59 Å². The maximum Gasteiger partial charge on any atom is 0.256 e. The van der Waals surface area contributed by atoms with Crippen LogP contribution >= 0.6 is 23.4 Å². The Morgan fingerprint density at radius 3 is 2.74 bits per heavy atom. The molecular formula is C18H16ClN5O2S. The Labute approximate surface area is 164 Å². The van der Waals surface area contributed by atoms with Crippen molar-refractivity contribution in [2.45, 2.75) is 37.6 Å². The molecule has 0 spiro atoms. The molecular weight excluding hydrogens is 386 g/mol. The van der Waals surface area contributed by atoms with Crippen molar-refractivity contribution in [2.24, 2.45) is 0 Å². The zero-order chi connectivity index (χ0) is 19.3. The first-order valence-electron chi connectivity index (χ1n) is 8.34. The van der Waals surface area contributed by atoms with Crippen LogP contribution in [0.2, 0.25) is 5.02 Å². The van der Waals surface area contributed by atoms with Crippen molar-refractivity contribution in [3.8, 4) is 0 Å². The smallest absolute Gasteiger partial charge is 0.256 e. The molecule has 1 aliphatic heterocycles. The molecule has 138 valence electrons. The fourth-order valence-corrected chi connectivity index (χ4v) is 4.47. The summed E-state index contributed by atoms with van der Waals surface area (Å²) in [7, 11) is 0. The average Bonchev–Trinajstić information content (AvgIpc) is 3.12. The summed E-state index contributed by atoms with van der Waals surface area (Å²) in [4.78, 5) is 31.1. The Hall–Kier alpha value is -2.45. The van der Waals surface area contributed by atoms with Crippen molar-refractivity contribution in [2.75, 3.05) is 4.90 Å². The van der Waals surface area contributed by atoms with Gasteiger partial charge in [0.25, 0.3) is 5.78 Å². The molecule has 0 unspecified atom stereocenters. The van der Waals surface area contributed by atoms with E-state index < -0.39 is 5.25 Å². The van der Waals surface area contributed by atoms with Crippen LogP contribution in [0.1, 0.15) is 23.4 Å². The highest BCUT2D eigenvalue weighted by Gasteiger charge is 2.41. The summed E-state index contributed by atoms with van der Waals surface area (Å²) < 4.78 is 1.79. The average molecular weight is 402 g/mol. The van der Waals surface area contributed by atoms with Gasteiger partial charge in [-0.1, -0.05) is 29.4 Å². The molecule has 7 nitrogen and oxygen atoms in total. The van der Waals surface area contributed by atoms with Crippen LogP contribution in [0.15, 0.2) is 29.4 Å². The minimum absolute atomic E-state index is 0.0999. The number of halogens is 1. The number of benzene rings is 1. The quantitative estimate of drug-likeness (QED) is 0.627. The first-order valence-corrected chi connectivity index (χ1v) is 9.60. The van der Waals surface area contributed by atoms with E-state index in [0.29, 0.717) is 27.2 Å². The molecule has 1 aliphatic rings. The Morgan fingerprint density at radius 2 is 1.96 bits per heavy atom. The second-order valence-electron chi connectivity index (χ2n) is 6.42.